The number of ether oxygens (including phenoxy) is 4. The molecule has 0 aliphatic carbocycles. The van der Waals surface area contributed by atoms with Gasteiger partial charge in [-0.05, 0) is 6.92 Å². The van der Waals surface area contributed by atoms with Crippen molar-refractivity contribution < 1.29 is 23.7 Å². The molecule has 8 nitrogen and oxygen atoms in total. The first kappa shape index (κ1) is 18.0. The molecule has 0 aliphatic rings. The third kappa shape index (κ3) is 3.17. The van der Waals surface area contributed by atoms with Crippen LogP contribution in [-0.4, -0.2) is 38.5 Å². The summed E-state index contributed by atoms with van der Waals surface area (Å²) in [7, 11) is 4.46. The normalized spacial score (nSPS) is 10.0. The average Bonchev–Trinajstić information content (AvgIpc) is 2.96. The summed E-state index contributed by atoms with van der Waals surface area (Å²) in [6.45, 7) is 1.87. The predicted molar refractivity (Wildman–Crippen MR) is 90.5 cm³/mol. The Morgan fingerprint density at radius 2 is 1.80 bits per heavy atom. The van der Waals surface area contributed by atoms with E-state index in [1.807, 2.05) is 6.07 Å². The van der Waals surface area contributed by atoms with Gasteiger partial charge >= 0.3 is 5.97 Å². The number of carbonyl (C=O) groups is 1. The predicted octanol–water partition coefficient (Wildman–Crippen LogP) is 2.13. The van der Waals surface area contributed by atoms with Crippen LogP contribution in [0.3, 0.4) is 0 Å². The van der Waals surface area contributed by atoms with Crippen molar-refractivity contribution in [3.63, 3.8) is 0 Å². The fourth-order valence-corrected chi connectivity index (χ4v) is 2.43. The molecule has 2 aromatic rings. The molecule has 2 N–H and O–H groups in total. The Balaban J connectivity index is 2.74. The lowest BCUT2D eigenvalue weighted by molar-refractivity contribution is 0.0518. The number of aromatic nitrogens is 1. The van der Waals surface area contributed by atoms with E-state index in [-0.39, 0.29) is 23.6 Å². The molecule has 0 saturated heterocycles. The van der Waals surface area contributed by atoms with Crippen molar-refractivity contribution in [2.75, 3.05) is 33.7 Å². The molecular formula is C17H19N3O5. The second-order valence-corrected chi connectivity index (χ2v) is 4.89. The van der Waals surface area contributed by atoms with Crippen molar-refractivity contribution in [3.8, 4) is 29.0 Å². The Morgan fingerprint density at radius 1 is 1.20 bits per heavy atom. The first-order valence-electron chi connectivity index (χ1n) is 7.40. The van der Waals surface area contributed by atoms with E-state index >= 15 is 0 Å². The molecule has 0 amide bonds. The van der Waals surface area contributed by atoms with Crippen molar-refractivity contribution >= 4 is 11.7 Å². The second-order valence-electron chi connectivity index (χ2n) is 4.89. The van der Waals surface area contributed by atoms with Crippen LogP contribution in [0.1, 0.15) is 23.0 Å². The Hall–Kier alpha value is -3.34. The molecule has 1 aromatic carbocycles. The Morgan fingerprint density at radius 3 is 2.24 bits per heavy atom. The summed E-state index contributed by atoms with van der Waals surface area (Å²) >= 11 is 0. The van der Waals surface area contributed by atoms with Crippen LogP contribution in [0, 0.1) is 11.3 Å². The van der Waals surface area contributed by atoms with Crippen molar-refractivity contribution in [2.45, 2.75) is 6.92 Å². The largest absolute Gasteiger partial charge is 0.493 e. The van der Waals surface area contributed by atoms with E-state index in [0.29, 0.717) is 22.9 Å². The van der Waals surface area contributed by atoms with Crippen molar-refractivity contribution in [3.05, 3.63) is 29.6 Å². The summed E-state index contributed by atoms with van der Waals surface area (Å²) in [5.74, 6) is 0.581. The molecule has 0 unspecified atom stereocenters. The van der Waals surface area contributed by atoms with Crippen molar-refractivity contribution in [2.24, 2.45) is 0 Å². The first-order valence-corrected chi connectivity index (χ1v) is 7.40. The molecule has 132 valence electrons. The smallest absolute Gasteiger partial charge is 0.357 e. The van der Waals surface area contributed by atoms with Crippen LogP contribution in [0.25, 0.3) is 5.69 Å². The Labute approximate surface area is 145 Å². The van der Waals surface area contributed by atoms with Gasteiger partial charge in [0.15, 0.2) is 17.2 Å². The number of nitrogens with zero attached hydrogens (tertiary/aromatic N) is 2. The number of hydrogen-bond acceptors (Lipinski definition) is 7. The highest BCUT2D eigenvalue weighted by atomic mass is 16.5. The number of nitrogens with two attached hydrogens (primary N) is 1. The van der Waals surface area contributed by atoms with Crippen LogP contribution in [0.4, 0.5) is 5.69 Å². The lowest BCUT2D eigenvalue weighted by atomic mass is 10.2. The maximum absolute atomic E-state index is 12.3. The van der Waals surface area contributed by atoms with Crippen LogP contribution in [0.5, 0.6) is 17.2 Å². The standard InChI is InChI=1S/C17H19N3O5/c1-5-25-17(21)15-14(19)10(8-18)9-20(15)11-6-12(22-2)16(24-4)13(7-11)23-3/h6-7,9H,5,19H2,1-4H3. The third-order valence-corrected chi connectivity index (χ3v) is 3.56. The van der Waals surface area contributed by atoms with Crippen molar-refractivity contribution in [1.29, 1.82) is 5.26 Å². The van der Waals surface area contributed by atoms with Gasteiger partial charge in [-0.25, -0.2) is 4.79 Å². The van der Waals surface area contributed by atoms with Crippen LogP contribution in [0.2, 0.25) is 0 Å². The Kier molecular flexibility index (Phi) is 5.39. The zero-order chi connectivity index (χ0) is 18.6. The van der Waals surface area contributed by atoms with E-state index < -0.39 is 5.97 Å². The first-order chi connectivity index (χ1) is 12.0. The third-order valence-electron chi connectivity index (χ3n) is 3.56. The number of carbonyl (C=O) groups excluding carboxylic acids is 1. The summed E-state index contributed by atoms with van der Waals surface area (Å²) in [6.07, 6.45) is 1.46. The molecule has 0 fully saturated rings. The number of hydrogen-bond donors (Lipinski definition) is 1. The molecule has 0 bridgehead atoms. The van der Waals surface area contributed by atoms with Gasteiger partial charge in [-0.2, -0.15) is 5.26 Å². The number of rotatable bonds is 6. The van der Waals surface area contributed by atoms with E-state index in [9.17, 15) is 10.1 Å². The highest BCUT2D eigenvalue weighted by Gasteiger charge is 2.24. The molecule has 25 heavy (non-hydrogen) atoms. The van der Waals surface area contributed by atoms with E-state index in [2.05, 4.69) is 0 Å². The summed E-state index contributed by atoms with van der Waals surface area (Å²) in [4.78, 5) is 12.3. The van der Waals surface area contributed by atoms with Crippen molar-refractivity contribution in [1.82, 2.24) is 4.57 Å². The molecule has 0 aliphatic heterocycles. The summed E-state index contributed by atoms with van der Waals surface area (Å²) in [6, 6.07) is 5.25. The summed E-state index contributed by atoms with van der Waals surface area (Å²) < 4.78 is 22.4. The molecule has 0 spiro atoms. The second kappa shape index (κ2) is 7.49. The monoisotopic (exact) mass is 345 g/mol. The maximum atomic E-state index is 12.3. The highest BCUT2D eigenvalue weighted by molar-refractivity contribution is 5.96. The molecule has 1 heterocycles. The minimum atomic E-state index is -0.629. The molecule has 1 aromatic heterocycles. The van der Waals surface area contributed by atoms with Gasteiger partial charge in [-0.15, -0.1) is 0 Å². The summed E-state index contributed by atoms with van der Waals surface area (Å²) in [5.41, 5.74) is 6.73. The number of benzene rings is 1. The lowest BCUT2D eigenvalue weighted by Crippen LogP contribution is -2.13. The van der Waals surface area contributed by atoms with E-state index in [4.69, 9.17) is 24.7 Å². The minimum absolute atomic E-state index is 0.0506. The van der Waals surface area contributed by atoms with Crippen LogP contribution >= 0.6 is 0 Å². The van der Waals surface area contributed by atoms with Gasteiger partial charge in [0.25, 0.3) is 0 Å². The average molecular weight is 345 g/mol. The SMILES string of the molecule is CCOC(=O)c1c(N)c(C#N)cn1-c1cc(OC)c(OC)c(OC)c1. The molecule has 0 saturated carbocycles. The number of esters is 1. The van der Waals surface area contributed by atoms with Crippen LogP contribution in [0.15, 0.2) is 18.3 Å². The van der Waals surface area contributed by atoms with Gasteiger partial charge in [0.1, 0.15) is 6.07 Å². The number of nitrogen functional groups attached to an aromatic ring is 1. The van der Waals surface area contributed by atoms with Crippen LogP contribution < -0.4 is 19.9 Å². The molecule has 8 heteroatoms. The minimum Gasteiger partial charge on any atom is -0.493 e. The highest BCUT2D eigenvalue weighted by Crippen LogP contribution is 2.40. The maximum Gasteiger partial charge on any atom is 0.357 e. The zero-order valence-corrected chi connectivity index (χ0v) is 14.5. The number of methoxy groups -OCH3 is 3. The van der Waals surface area contributed by atoms with Crippen LogP contribution in [-0.2, 0) is 4.74 Å². The van der Waals surface area contributed by atoms with Gasteiger partial charge in [0.05, 0.1) is 44.9 Å². The van der Waals surface area contributed by atoms with Gasteiger partial charge in [0.2, 0.25) is 5.75 Å². The molecule has 2 rings (SSSR count). The van der Waals surface area contributed by atoms with Gasteiger partial charge in [-0.3, -0.25) is 0 Å². The Bertz CT molecular complexity index is 811. The molecule has 0 atom stereocenters. The van der Waals surface area contributed by atoms with Gasteiger partial charge < -0.3 is 29.2 Å². The van der Waals surface area contributed by atoms with E-state index in [1.54, 1.807) is 19.1 Å². The number of anilines is 1. The number of nitriles is 1. The quantitative estimate of drug-likeness (QED) is 0.799. The van der Waals surface area contributed by atoms with Gasteiger partial charge in [0, 0.05) is 18.3 Å². The topological polar surface area (TPSA) is 109 Å². The fourth-order valence-electron chi connectivity index (χ4n) is 2.43. The zero-order valence-electron chi connectivity index (χ0n) is 14.5. The molecular weight excluding hydrogens is 326 g/mol. The van der Waals surface area contributed by atoms with Gasteiger partial charge in [-0.1, -0.05) is 0 Å². The summed E-state index contributed by atoms with van der Waals surface area (Å²) in [5, 5.41) is 9.23. The van der Waals surface area contributed by atoms with E-state index in [1.165, 1.54) is 32.1 Å². The lowest BCUT2D eigenvalue weighted by Gasteiger charge is -2.16. The molecule has 0 radical (unpaired) electrons. The fraction of sp³-hybridized carbons (Fsp3) is 0.294. The van der Waals surface area contributed by atoms with E-state index in [0.717, 1.165) is 0 Å².